The van der Waals surface area contributed by atoms with Crippen LogP contribution in [0.1, 0.15) is 32.6 Å². The van der Waals surface area contributed by atoms with Gasteiger partial charge in [-0.3, -0.25) is 0 Å². The lowest BCUT2D eigenvalue weighted by Crippen LogP contribution is -2.54. The molecule has 0 aromatic heterocycles. The molecule has 0 spiro atoms. The van der Waals surface area contributed by atoms with Crippen molar-refractivity contribution in [2.24, 2.45) is 0 Å². The number of hydrogen-bond acceptors (Lipinski definition) is 4. The van der Waals surface area contributed by atoms with E-state index >= 15 is 0 Å². The van der Waals surface area contributed by atoms with Crippen molar-refractivity contribution in [1.82, 2.24) is 0 Å². The molecule has 1 N–H and O–H groups in total. The number of aliphatic hydroxyl groups excluding tert-OH is 1. The summed E-state index contributed by atoms with van der Waals surface area (Å²) in [5.41, 5.74) is 0. The molecule has 3 atom stereocenters. The summed E-state index contributed by atoms with van der Waals surface area (Å²) in [6.07, 6.45) is 3.74. The Balaban J connectivity index is 2.07. The minimum atomic E-state index is -0.368. The molecule has 0 saturated heterocycles. The zero-order valence-corrected chi connectivity index (χ0v) is 10.4. The Labute approximate surface area is 97.9 Å². The first-order chi connectivity index (χ1) is 7.79. The summed E-state index contributed by atoms with van der Waals surface area (Å²) in [5, 5.41) is 9.53. The minimum absolute atomic E-state index is 0.0729. The van der Waals surface area contributed by atoms with Gasteiger partial charge in [-0.15, -0.1) is 0 Å². The molecule has 3 unspecified atom stereocenters. The predicted octanol–water partition coefficient (Wildman–Crippen LogP) is 1.36. The van der Waals surface area contributed by atoms with Gasteiger partial charge in [-0.2, -0.15) is 0 Å². The Morgan fingerprint density at radius 3 is 2.56 bits per heavy atom. The van der Waals surface area contributed by atoms with E-state index in [2.05, 4.69) is 6.92 Å². The van der Waals surface area contributed by atoms with Crippen LogP contribution in [0.4, 0.5) is 0 Å². The van der Waals surface area contributed by atoms with Gasteiger partial charge in [0.05, 0.1) is 25.4 Å². The highest BCUT2D eigenvalue weighted by Crippen LogP contribution is 2.27. The highest BCUT2D eigenvalue weighted by Gasteiger charge is 2.41. The van der Waals surface area contributed by atoms with Gasteiger partial charge in [0.15, 0.2) is 0 Å². The van der Waals surface area contributed by atoms with E-state index in [0.717, 1.165) is 13.0 Å². The van der Waals surface area contributed by atoms with Crippen molar-refractivity contribution in [3.05, 3.63) is 0 Å². The van der Waals surface area contributed by atoms with Gasteiger partial charge in [0, 0.05) is 20.1 Å². The molecule has 16 heavy (non-hydrogen) atoms. The molecule has 1 saturated carbocycles. The van der Waals surface area contributed by atoms with Crippen LogP contribution in [-0.2, 0) is 14.2 Å². The third-order valence-electron chi connectivity index (χ3n) is 2.90. The van der Waals surface area contributed by atoms with E-state index in [-0.39, 0.29) is 18.3 Å². The van der Waals surface area contributed by atoms with E-state index < -0.39 is 0 Å². The highest BCUT2D eigenvalue weighted by molar-refractivity contribution is 4.91. The second-order valence-corrected chi connectivity index (χ2v) is 4.25. The van der Waals surface area contributed by atoms with Crippen molar-refractivity contribution in [2.75, 3.05) is 26.9 Å². The summed E-state index contributed by atoms with van der Waals surface area (Å²) in [7, 11) is 1.64. The van der Waals surface area contributed by atoms with Gasteiger partial charge in [0.25, 0.3) is 0 Å². The Hall–Kier alpha value is -0.160. The number of rotatable bonds is 9. The fraction of sp³-hybridized carbons (Fsp3) is 1.00. The van der Waals surface area contributed by atoms with Crippen molar-refractivity contribution in [2.45, 2.75) is 50.9 Å². The van der Waals surface area contributed by atoms with Crippen LogP contribution in [0.15, 0.2) is 0 Å². The first kappa shape index (κ1) is 13.9. The monoisotopic (exact) mass is 232 g/mol. The van der Waals surface area contributed by atoms with Crippen LogP contribution in [0.25, 0.3) is 0 Å². The zero-order valence-electron chi connectivity index (χ0n) is 10.4. The molecule has 4 nitrogen and oxygen atoms in total. The first-order valence-electron chi connectivity index (χ1n) is 6.19. The van der Waals surface area contributed by atoms with Gasteiger partial charge in [-0.25, -0.2) is 0 Å². The lowest BCUT2D eigenvalue weighted by atomic mass is 9.88. The van der Waals surface area contributed by atoms with E-state index in [0.29, 0.717) is 19.6 Å². The maximum Gasteiger partial charge on any atom is 0.110 e. The Bertz CT molecular complexity index is 174. The van der Waals surface area contributed by atoms with Crippen LogP contribution >= 0.6 is 0 Å². The molecule has 1 fully saturated rings. The number of ether oxygens (including phenoxy) is 3. The van der Waals surface area contributed by atoms with Crippen molar-refractivity contribution in [1.29, 1.82) is 0 Å². The Kier molecular flexibility index (Phi) is 6.96. The average Bonchev–Trinajstić information content (AvgIpc) is 2.28. The Morgan fingerprint density at radius 1 is 1.12 bits per heavy atom. The standard InChI is InChI=1S/C12H24O4/c1-3-4-5-6-15-11-9-10(13)12(11)16-8-7-14-2/h10-13H,3-9H2,1-2H3. The van der Waals surface area contributed by atoms with Crippen LogP contribution in [0, 0.1) is 0 Å². The fourth-order valence-electron chi connectivity index (χ4n) is 1.79. The summed E-state index contributed by atoms with van der Waals surface area (Å²) in [4.78, 5) is 0. The average molecular weight is 232 g/mol. The highest BCUT2D eigenvalue weighted by atomic mass is 16.6. The second-order valence-electron chi connectivity index (χ2n) is 4.25. The maximum atomic E-state index is 9.53. The van der Waals surface area contributed by atoms with Crippen molar-refractivity contribution in [3.63, 3.8) is 0 Å². The van der Waals surface area contributed by atoms with E-state index in [9.17, 15) is 5.11 Å². The molecule has 0 aliphatic heterocycles. The van der Waals surface area contributed by atoms with Crippen LogP contribution in [0.5, 0.6) is 0 Å². The number of hydrogen-bond donors (Lipinski definition) is 1. The number of unbranched alkanes of at least 4 members (excludes halogenated alkanes) is 2. The molecule has 1 rings (SSSR count). The number of methoxy groups -OCH3 is 1. The molecule has 0 amide bonds. The summed E-state index contributed by atoms with van der Waals surface area (Å²) in [5.74, 6) is 0. The van der Waals surface area contributed by atoms with Gasteiger partial charge in [-0.05, 0) is 6.42 Å². The lowest BCUT2D eigenvalue weighted by molar-refractivity contribution is -0.195. The van der Waals surface area contributed by atoms with Crippen LogP contribution in [-0.4, -0.2) is 50.3 Å². The van der Waals surface area contributed by atoms with E-state index in [1.807, 2.05) is 0 Å². The molecule has 4 heteroatoms. The van der Waals surface area contributed by atoms with Crippen LogP contribution < -0.4 is 0 Å². The SMILES string of the molecule is CCCCCOC1CC(O)C1OCCOC. The fourth-order valence-corrected chi connectivity index (χ4v) is 1.79. The molecule has 0 bridgehead atoms. The molecular weight excluding hydrogens is 208 g/mol. The molecule has 0 aromatic rings. The van der Waals surface area contributed by atoms with E-state index in [4.69, 9.17) is 14.2 Å². The first-order valence-corrected chi connectivity index (χ1v) is 6.19. The molecule has 1 aliphatic carbocycles. The predicted molar refractivity (Wildman–Crippen MR) is 61.5 cm³/mol. The van der Waals surface area contributed by atoms with Crippen LogP contribution in [0.3, 0.4) is 0 Å². The van der Waals surface area contributed by atoms with E-state index in [1.165, 1.54) is 12.8 Å². The van der Waals surface area contributed by atoms with Crippen molar-refractivity contribution >= 4 is 0 Å². The van der Waals surface area contributed by atoms with E-state index in [1.54, 1.807) is 7.11 Å². The molecule has 0 radical (unpaired) electrons. The third kappa shape index (κ3) is 4.37. The summed E-state index contributed by atoms with van der Waals surface area (Å²) < 4.78 is 16.1. The largest absolute Gasteiger partial charge is 0.390 e. The summed E-state index contributed by atoms with van der Waals surface area (Å²) in [6, 6.07) is 0. The smallest absolute Gasteiger partial charge is 0.110 e. The quantitative estimate of drug-likeness (QED) is 0.610. The van der Waals surface area contributed by atoms with Gasteiger partial charge >= 0.3 is 0 Å². The molecule has 96 valence electrons. The molecule has 0 aromatic carbocycles. The molecule has 0 heterocycles. The van der Waals surface area contributed by atoms with Gasteiger partial charge in [-0.1, -0.05) is 19.8 Å². The maximum absolute atomic E-state index is 9.53. The minimum Gasteiger partial charge on any atom is -0.390 e. The van der Waals surface area contributed by atoms with Crippen molar-refractivity contribution < 1.29 is 19.3 Å². The normalized spacial score (nSPS) is 29.1. The molecular formula is C12H24O4. The summed E-state index contributed by atoms with van der Waals surface area (Å²) >= 11 is 0. The van der Waals surface area contributed by atoms with Gasteiger partial charge < -0.3 is 19.3 Å². The third-order valence-corrected chi connectivity index (χ3v) is 2.90. The van der Waals surface area contributed by atoms with Gasteiger partial charge in [0.1, 0.15) is 6.10 Å². The second kappa shape index (κ2) is 8.01. The molecule has 1 aliphatic rings. The topological polar surface area (TPSA) is 47.9 Å². The van der Waals surface area contributed by atoms with Gasteiger partial charge in [0.2, 0.25) is 0 Å². The Morgan fingerprint density at radius 2 is 1.94 bits per heavy atom. The summed E-state index contributed by atoms with van der Waals surface area (Å²) in [6.45, 7) is 4.03. The van der Waals surface area contributed by atoms with Crippen LogP contribution in [0.2, 0.25) is 0 Å². The zero-order chi connectivity index (χ0) is 11.8. The lowest BCUT2D eigenvalue weighted by Gasteiger charge is -2.40. The van der Waals surface area contributed by atoms with Crippen molar-refractivity contribution in [3.8, 4) is 0 Å². The number of aliphatic hydroxyl groups is 1.